The number of rotatable bonds is 4. The van der Waals surface area contributed by atoms with Gasteiger partial charge in [-0.15, -0.1) is 0 Å². The van der Waals surface area contributed by atoms with Crippen molar-refractivity contribution in [3.63, 3.8) is 0 Å². The third-order valence-electron chi connectivity index (χ3n) is 1.36. The topological polar surface area (TPSA) is 105 Å². The second-order valence-electron chi connectivity index (χ2n) is 2.81. The molecule has 0 saturated heterocycles. The number of nitrogens with zero attached hydrogens (tertiary/aromatic N) is 1. The highest BCUT2D eigenvalue weighted by molar-refractivity contribution is 7.85. The van der Waals surface area contributed by atoms with Crippen molar-refractivity contribution < 1.29 is 22.9 Å². The predicted octanol–water partition coefficient (Wildman–Crippen LogP) is 0.821. The second kappa shape index (κ2) is 7.77. The van der Waals surface area contributed by atoms with E-state index in [-0.39, 0.29) is 12.8 Å². The van der Waals surface area contributed by atoms with E-state index in [1.807, 2.05) is 18.2 Å². The van der Waals surface area contributed by atoms with E-state index in [1.54, 1.807) is 12.4 Å². The monoisotopic (exact) mass is 247 g/mol. The maximum absolute atomic E-state index is 9.98. The Bertz CT molecular complexity index is 363. The number of pyridine rings is 1. The number of hydrogen-bond donors (Lipinski definition) is 2. The number of carboxylic acids is 1. The lowest BCUT2D eigenvalue weighted by Crippen LogP contribution is -2.06. The Morgan fingerprint density at radius 2 is 1.75 bits per heavy atom. The van der Waals surface area contributed by atoms with Crippen molar-refractivity contribution in [1.29, 1.82) is 0 Å². The van der Waals surface area contributed by atoms with Gasteiger partial charge in [0, 0.05) is 18.8 Å². The molecule has 1 aromatic rings. The van der Waals surface area contributed by atoms with Crippen LogP contribution in [0, 0.1) is 0 Å². The van der Waals surface area contributed by atoms with Crippen molar-refractivity contribution in [3.8, 4) is 0 Å². The largest absolute Gasteiger partial charge is 0.481 e. The summed E-state index contributed by atoms with van der Waals surface area (Å²) < 4.78 is 28.1. The summed E-state index contributed by atoms with van der Waals surface area (Å²) in [4.78, 5) is 13.6. The normalized spacial score (nSPS) is 10.1. The molecule has 0 fully saturated rings. The minimum Gasteiger partial charge on any atom is -0.481 e. The molecule has 0 aliphatic carbocycles. The van der Waals surface area contributed by atoms with Gasteiger partial charge in [-0.1, -0.05) is 6.07 Å². The SMILES string of the molecule is O=C(O)CCCS(=O)(=O)O.c1ccncc1. The van der Waals surface area contributed by atoms with E-state index in [9.17, 15) is 13.2 Å². The molecule has 0 aromatic carbocycles. The first kappa shape index (κ1) is 14.5. The summed E-state index contributed by atoms with van der Waals surface area (Å²) >= 11 is 0. The Kier molecular flexibility index (Phi) is 7.06. The molecule has 1 aromatic heterocycles. The fourth-order valence-corrected chi connectivity index (χ4v) is 1.23. The molecule has 0 unspecified atom stereocenters. The molecule has 0 atom stereocenters. The van der Waals surface area contributed by atoms with Crippen molar-refractivity contribution in [2.45, 2.75) is 12.8 Å². The maximum Gasteiger partial charge on any atom is 0.303 e. The molecule has 6 nitrogen and oxygen atoms in total. The van der Waals surface area contributed by atoms with Crippen LogP contribution in [0.2, 0.25) is 0 Å². The van der Waals surface area contributed by atoms with Crippen molar-refractivity contribution in [1.82, 2.24) is 4.98 Å². The number of hydrogen-bond acceptors (Lipinski definition) is 4. The van der Waals surface area contributed by atoms with Crippen LogP contribution in [-0.4, -0.2) is 34.8 Å². The molecular weight excluding hydrogens is 234 g/mol. The van der Waals surface area contributed by atoms with Gasteiger partial charge in [-0.05, 0) is 18.6 Å². The second-order valence-corrected chi connectivity index (χ2v) is 4.38. The predicted molar refractivity (Wildman–Crippen MR) is 57.5 cm³/mol. The van der Waals surface area contributed by atoms with E-state index in [0.29, 0.717) is 0 Å². The Morgan fingerprint density at radius 1 is 1.19 bits per heavy atom. The number of aromatic nitrogens is 1. The van der Waals surface area contributed by atoms with Gasteiger partial charge in [0.25, 0.3) is 10.1 Å². The molecule has 0 saturated carbocycles. The molecule has 7 heteroatoms. The Labute approximate surface area is 93.7 Å². The zero-order valence-corrected chi connectivity index (χ0v) is 9.30. The van der Waals surface area contributed by atoms with E-state index in [1.165, 1.54) is 0 Å². The van der Waals surface area contributed by atoms with Crippen LogP contribution in [0.5, 0.6) is 0 Å². The third-order valence-corrected chi connectivity index (χ3v) is 2.16. The van der Waals surface area contributed by atoms with Crippen LogP contribution in [0.4, 0.5) is 0 Å². The summed E-state index contributed by atoms with van der Waals surface area (Å²) in [5.74, 6) is -1.55. The van der Waals surface area contributed by atoms with Gasteiger partial charge in [0.05, 0.1) is 5.75 Å². The molecule has 0 amide bonds. The lowest BCUT2D eigenvalue weighted by atomic mass is 10.3. The molecule has 90 valence electrons. The molecule has 1 heterocycles. The summed E-state index contributed by atoms with van der Waals surface area (Å²) in [6.07, 6.45) is 3.22. The fraction of sp³-hybridized carbons (Fsp3) is 0.333. The van der Waals surface area contributed by atoms with Gasteiger partial charge in [-0.3, -0.25) is 14.3 Å². The summed E-state index contributed by atoms with van der Waals surface area (Å²) in [6.45, 7) is 0. The fourth-order valence-electron chi connectivity index (χ4n) is 0.718. The van der Waals surface area contributed by atoms with Gasteiger partial charge in [-0.25, -0.2) is 0 Å². The van der Waals surface area contributed by atoms with E-state index in [2.05, 4.69) is 4.98 Å². The van der Waals surface area contributed by atoms with Gasteiger partial charge in [0.2, 0.25) is 0 Å². The van der Waals surface area contributed by atoms with Crippen LogP contribution in [0.25, 0.3) is 0 Å². The van der Waals surface area contributed by atoms with E-state index in [4.69, 9.17) is 9.66 Å². The van der Waals surface area contributed by atoms with Gasteiger partial charge in [0.15, 0.2) is 0 Å². The van der Waals surface area contributed by atoms with Crippen LogP contribution in [-0.2, 0) is 14.9 Å². The Hall–Kier alpha value is -1.47. The summed E-state index contributed by atoms with van der Waals surface area (Å²) in [7, 11) is -3.98. The molecule has 2 N–H and O–H groups in total. The molecule has 0 aliphatic heterocycles. The third kappa shape index (κ3) is 12.5. The maximum atomic E-state index is 9.98. The lowest BCUT2D eigenvalue weighted by Gasteiger charge is -1.92. The first-order valence-corrected chi connectivity index (χ1v) is 6.04. The average Bonchev–Trinajstić information content (AvgIpc) is 2.18. The minimum atomic E-state index is -3.98. The number of carboxylic acid groups (broad SMARTS) is 1. The van der Waals surface area contributed by atoms with E-state index >= 15 is 0 Å². The number of carbonyl (C=O) groups is 1. The standard InChI is InChI=1S/C5H5N.C4H8O5S/c1-2-4-6-5-3-1;5-4(6)2-1-3-10(7,8)9/h1-5H;1-3H2,(H,5,6)(H,7,8,9). The van der Waals surface area contributed by atoms with Crippen molar-refractivity contribution >= 4 is 16.1 Å². The Balaban J connectivity index is 0.000000315. The molecule has 0 radical (unpaired) electrons. The minimum absolute atomic E-state index is 0.0475. The van der Waals surface area contributed by atoms with Crippen LogP contribution in [0.15, 0.2) is 30.6 Å². The van der Waals surface area contributed by atoms with Gasteiger partial charge < -0.3 is 5.11 Å². The van der Waals surface area contributed by atoms with Crippen LogP contribution >= 0.6 is 0 Å². The first-order chi connectivity index (χ1) is 7.42. The van der Waals surface area contributed by atoms with Gasteiger partial charge in [0.1, 0.15) is 0 Å². The summed E-state index contributed by atoms with van der Waals surface area (Å²) in [5, 5.41) is 8.03. The molecule has 16 heavy (non-hydrogen) atoms. The molecule has 0 bridgehead atoms. The Morgan fingerprint density at radius 3 is 2.00 bits per heavy atom. The summed E-state index contributed by atoms with van der Waals surface area (Å²) in [5.41, 5.74) is 0. The van der Waals surface area contributed by atoms with Crippen molar-refractivity contribution in [2.24, 2.45) is 0 Å². The highest BCUT2D eigenvalue weighted by atomic mass is 32.2. The van der Waals surface area contributed by atoms with Crippen LogP contribution < -0.4 is 0 Å². The van der Waals surface area contributed by atoms with Gasteiger partial charge >= 0.3 is 5.97 Å². The smallest absolute Gasteiger partial charge is 0.303 e. The quantitative estimate of drug-likeness (QED) is 0.763. The number of aliphatic carboxylic acids is 1. The van der Waals surface area contributed by atoms with E-state index in [0.717, 1.165) is 0 Å². The molecule has 0 spiro atoms. The van der Waals surface area contributed by atoms with E-state index < -0.39 is 21.8 Å². The van der Waals surface area contributed by atoms with Gasteiger partial charge in [-0.2, -0.15) is 8.42 Å². The molecule has 0 aliphatic rings. The van der Waals surface area contributed by atoms with Crippen molar-refractivity contribution in [3.05, 3.63) is 30.6 Å². The van der Waals surface area contributed by atoms with Crippen LogP contribution in [0.3, 0.4) is 0 Å². The zero-order chi connectivity index (χ0) is 12.4. The van der Waals surface area contributed by atoms with Crippen LogP contribution in [0.1, 0.15) is 12.8 Å². The average molecular weight is 247 g/mol. The van der Waals surface area contributed by atoms with Crippen molar-refractivity contribution in [2.75, 3.05) is 5.75 Å². The summed E-state index contributed by atoms with van der Waals surface area (Å²) in [6, 6.07) is 5.72. The molecular formula is C9H13NO5S. The molecule has 1 rings (SSSR count). The zero-order valence-electron chi connectivity index (χ0n) is 8.48. The lowest BCUT2D eigenvalue weighted by molar-refractivity contribution is -0.137. The highest BCUT2D eigenvalue weighted by Crippen LogP contribution is 1.92. The first-order valence-electron chi connectivity index (χ1n) is 4.44. The highest BCUT2D eigenvalue weighted by Gasteiger charge is 2.05.